The molecule has 1 spiro atoms. The molecule has 2 fully saturated rings. The van der Waals surface area contributed by atoms with Gasteiger partial charge in [0.2, 0.25) is 0 Å². The van der Waals surface area contributed by atoms with Gasteiger partial charge in [0.1, 0.15) is 15.7 Å². The summed E-state index contributed by atoms with van der Waals surface area (Å²) in [6.45, 7) is 4.00. The van der Waals surface area contributed by atoms with Crippen LogP contribution in [0.2, 0.25) is 5.02 Å². The van der Waals surface area contributed by atoms with Gasteiger partial charge >= 0.3 is 0 Å². The van der Waals surface area contributed by atoms with Crippen molar-refractivity contribution in [1.82, 2.24) is 14.5 Å². The van der Waals surface area contributed by atoms with Gasteiger partial charge in [-0.05, 0) is 103 Å². The predicted octanol–water partition coefficient (Wildman–Crippen LogP) is 6.31. The van der Waals surface area contributed by atoms with Crippen molar-refractivity contribution in [1.29, 1.82) is 0 Å². The number of methoxy groups -OCH3 is 1. The molecule has 264 valence electrons. The Morgan fingerprint density at radius 2 is 2.04 bits per heavy atom. The van der Waals surface area contributed by atoms with Gasteiger partial charge in [0.05, 0.1) is 35.9 Å². The minimum absolute atomic E-state index is 0.00701. The van der Waals surface area contributed by atoms with E-state index in [4.69, 9.17) is 21.1 Å². The largest absolute Gasteiger partial charge is 0.490 e. The van der Waals surface area contributed by atoms with E-state index in [1.165, 1.54) is 34.6 Å². The van der Waals surface area contributed by atoms with E-state index in [2.05, 4.69) is 43.4 Å². The summed E-state index contributed by atoms with van der Waals surface area (Å²) in [6, 6.07) is 11.7. The van der Waals surface area contributed by atoms with Crippen LogP contribution in [0.4, 0.5) is 5.69 Å². The van der Waals surface area contributed by atoms with Crippen LogP contribution in [0.15, 0.2) is 65.3 Å². The maximum absolute atomic E-state index is 14.4. The zero-order valence-corrected chi connectivity index (χ0v) is 30.3. The number of carbonyl (C=O) groups excluding carboxylic acids is 2. The van der Waals surface area contributed by atoms with Crippen LogP contribution in [0.3, 0.4) is 0 Å². The Kier molecular flexibility index (Phi) is 8.59. The number of hydrogen-bond donors (Lipinski definition) is 1. The Balaban J connectivity index is 1.21. The molecule has 3 aromatic rings. The molecule has 2 saturated carbocycles. The van der Waals surface area contributed by atoms with E-state index in [0.29, 0.717) is 48.0 Å². The van der Waals surface area contributed by atoms with Gasteiger partial charge in [-0.1, -0.05) is 36.7 Å². The first-order chi connectivity index (χ1) is 24.0. The summed E-state index contributed by atoms with van der Waals surface area (Å²) in [5.74, 6) is 1.24. The molecule has 8 rings (SSSR count). The number of halogens is 1. The van der Waals surface area contributed by atoms with Gasteiger partial charge < -0.3 is 14.4 Å². The number of ether oxygens (including phenoxy) is 2. The van der Waals surface area contributed by atoms with Crippen molar-refractivity contribution in [3.8, 4) is 5.75 Å². The molecule has 0 radical (unpaired) electrons. The van der Waals surface area contributed by atoms with Crippen molar-refractivity contribution in [2.75, 3.05) is 37.5 Å². The molecule has 3 heterocycles. The lowest BCUT2D eigenvalue weighted by atomic mass is 9.68. The van der Waals surface area contributed by atoms with Crippen LogP contribution in [0.25, 0.3) is 0 Å². The molecule has 8 atom stereocenters. The number of benzene rings is 2. The molecule has 12 heteroatoms. The molecule has 5 aliphatic rings. The summed E-state index contributed by atoms with van der Waals surface area (Å²) in [7, 11) is -0.0496. The average molecular weight is 718 g/mol. The highest BCUT2D eigenvalue weighted by Gasteiger charge is 2.54. The lowest BCUT2D eigenvalue weighted by Crippen LogP contribution is -2.49. The van der Waals surface area contributed by atoms with E-state index in [1.54, 1.807) is 20.2 Å². The second-order valence-electron chi connectivity index (χ2n) is 15.2. The van der Waals surface area contributed by atoms with Gasteiger partial charge in [0.25, 0.3) is 11.8 Å². The van der Waals surface area contributed by atoms with E-state index in [0.717, 1.165) is 43.1 Å². The van der Waals surface area contributed by atoms with Crippen molar-refractivity contribution < 1.29 is 23.3 Å². The van der Waals surface area contributed by atoms with Crippen LogP contribution in [0.5, 0.6) is 5.75 Å². The molecule has 2 amide bonds. The number of aromatic nitrogens is 2. The monoisotopic (exact) mass is 717 g/mol. The Morgan fingerprint density at radius 1 is 1.18 bits per heavy atom. The maximum atomic E-state index is 14.4. The lowest BCUT2D eigenvalue weighted by molar-refractivity contribution is 0.0131. The van der Waals surface area contributed by atoms with Gasteiger partial charge in [-0.25, -0.2) is 4.21 Å². The number of nitrogens with one attached hydrogen (secondary N) is 1. The fourth-order valence-electron chi connectivity index (χ4n) is 8.83. The van der Waals surface area contributed by atoms with Crippen molar-refractivity contribution in [2.24, 2.45) is 35.1 Å². The van der Waals surface area contributed by atoms with Crippen LogP contribution in [-0.4, -0.2) is 64.5 Å². The van der Waals surface area contributed by atoms with E-state index >= 15 is 0 Å². The Hall–Kier alpha value is -3.67. The predicted molar refractivity (Wildman–Crippen MR) is 193 cm³/mol. The van der Waals surface area contributed by atoms with Gasteiger partial charge in [-0.15, -0.1) is 4.36 Å². The highest BCUT2D eigenvalue weighted by Crippen LogP contribution is 2.61. The number of fused-ring (bicyclic) bond motifs is 6. The van der Waals surface area contributed by atoms with Crippen LogP contribution in [0, 0.1) is 23.7 Å². The van der Waals surface area contributed by atoms with Gasteiger partial charge in [-0.3, -0.25) is 19.0 Å². The standard InChI is InChI=1S/C38H44ClN5O5S/c1-23-5-4-6-34(48-3)29-10-7-25(29)19-44-21-38(16-26-13-30(26)31-15-28(39)9-11-32(31)38)22-49-35-12-8-24(14-33(35)44)36(45)41-50(47,20-23)42-37(46)27-17-40-43(2)18-27/h4,6,8-9,11-12,14-15,17-18,23,25-26,29-30,34H,5,7,10,13,16,19-22H2,1-3H3,(H,41,42,45,46,47)/b6-4+/t23-,25-,26-,29+,30?,34-,38-,50-/m0/s1. The fourth-order valence-corrected chi connectivity index (χ4v) is 10.9. The SMILES string of the molecule is CO[C@H]1/C=C/C[C@H](C)C[S@@](=O)(NC(=O)c2cnn(C)c2)=NC(=O)c2ccc3c(c2)N(C[C@@H]2CC[C@H]21)C[C@]1(CO3)C[C@@H]2CC2c2cc(Cl)ccc21. The molecule has 2 bridgehead atoms. The average Bonchev–Trinajstić information content (AvgIpc) is 3.75. The summed E-state index contributed by atoms with van der Waals surface area (Å²) in [5.41, 5.74) is 3.79. The zero-order valence-electron chi connectivity index (χ0n) is 28.7. The Labute approximate surface area is 298 Å². The summed E-state index contributed by atoms with van der Waals surface area (Å²) in [4.78, 5) is 29.6. The summed E-state index contributed by atoms with van der Waals surface area (Å²) in [6.07, 6.45) is 12.1. The molecule has 2 aliphatic heterocycles. The van der Waals surface area contributed by atoms with Crippen LogP contribution < -0.4 is 14.4 Å². The molecule has 1 unspecified atom stereocenters. The van der Waals surface area contributed by atoms with Gasteiger partial charge in [-0.2, -0.15) is 5.10 Å². The molecule has 1 aromatic heterocycles. The third-order valence-corrected chi connectivity index (χ3v) is 13.8. The van der Waals surface area contributed by atoms with Crippen molar-refractivity contribution in [3.05, 3.63) is 88.2 Å². The molecular formula is C38H44ClN5O5S. The molecule has 3 aliphatic carbocycles. The van der Waals surface area contributed by atoms with Crippen LogP contribution in [-0.2, 0) is 27.1 Å². The number of hydrogen-bond acceptors (Lipinski definition) is 7. The second kappa shape index (κ2) is 12.8. The van der Waals surface area contributed by atoms with Crippen LogP contribution in [0.1, 0.15) is 76.8 Å². The number of allylic oxidation sites excluding steroid dienone is 1. The van der Waals surface area contributed by atoms with E-state index in [1.807, 2.05) is 25.1 Å². The minimum atomic E-state index is -3.51. The van der Waals surface area contributed by atoms with Crippen LogP contribution >= 0.6 is 11.6 Å². The van der Waals surface area contributed by atoms with Crippen molar-refractivity contribution >= 4 is 39.0 Å². The number of anilines is 1. The number of rotatable bonds is 3. The maximum Gasteiger partial charge on any atom is 0.286 e. The van der Waals surface area contributed by atoms with E-state index < -0.39 is 21.7 Å². The van der Waals surface area contributed by atoms with Gasteiger partial charge in [0.15, 0.2) is 0 Å². The number of carbonyl (C=O) groups is 2. The number of nitrogens with zero attached hydrogens (tertiary/aromatic N) is 4. The first kappa shape index (κ1) is 33.5. The van der Waals surface area contributed by atoms with Gasteiger partial charge in [0, 0.05) is 49.4 Å². The molecule has 2 aromatic carbocycles. The lowest BCUT2D eigenvalue weighted by Gasteiger charge is -2.46. The fraction of sp³-hybridized carbons (Fsp3) is 0.500. The highest BCUT2D eigenvalue weighted by molar-refractivity contribution is 7.92. The Morgan fingerprint density at radius 3 is 2.80 bits per heavy atom. The Bertz CT molecular complexity index is 2000. The second-order valence-corrected chi connectivity index (χ2v) is 17.6. The molecule has 0 saturated heterocycles. The molecule has 50 heavy (non-hydrogen) atoms. The third-order valence-electron chi connectivity index (χ3n) is 11.6. The topological polar surface area (TPSA) is 115 Å². The van der Waals surface area contributed by atoms with Crippen molar-refractivity contribution in [2.45, 2.75) is 56.5 Å². The first-order valence-corrected chi connectivity index (χ1v) is 19.7. The molecular weight excluding hydrogens is 674 g/mol. The quantitative estimate of drug-likeness (QED) is 0.316. The highest BCUT2D eigenvalue weighted by atomic mass is 35.5. The smallest absolute Gasteiger partial charge is 0.286 e. The summed E-state index contributed by atoms with van der Waals surface area (Å²) in [5, 5.41) is 4.83. The number of amides is 2. The van der Waals surface area contributed by atoms with Crippen molar-refractivity contribution in [3.63, 3.8) is 0 Å². The molecule has 10 nitrogen and oxygen atoms in total. The zero-order chi connectivity index (χ0) is 34.8. The van der Waals surface area contributed by atoms with E-state index in [-0.39, 0.29) is 28.8 Å². The minimum Gasteiger partial charge on any atom is -0.490 e. The molecule has 1 N–H and O–H groups in total. The normalized spacial score (nSPS) is 33.8. The summed E-state index contributed by atoms with van der Waals surface area (Å²) < 4.78 is 35.6. The summed E-state index contributed by atoms with van der Waals surface area (Å²) >= 11 is 6.53. The first-order valence-electron chi connectivity index (χ1n) is 17.6. The number of aryl methyl sites for hydroxylation is 1. The third kappa shape index (κ3) is 6.26. The van der Waals surface area contributed by atoms with E-state index in [9.17, 15) is 13.8 Å².